The van der Waals surface area contributed by atoms with Gasteiger partial charge in [0, 0.05) is 30.2 Å². The van der Waals surface area contributed by atoms with Crippen molar-refractivity contribution >= 4 is 38.0 Å². The van der Waals surface area contributed by atoms with Gasteiger partial charge in [0.05, 0.1) is 22.4 Å². The van der Waals surface area contributed by atoms with E-state index in [1.165, 1.54) is 42.7 Å². The molecule has 0 radical (unpaired) electrons. The van der Waals surface area contributed by atoms with E-state index in [0.29, 0.717) is 16.6 Å². The van der Waals surface area contributed by atoms with Crippen LogP contribution in [0.2, 0.25) is 0 Å². The Morgan fingerprint density at radius 3 is 2.62 bits per heavy atom. The molecule has 1 aliphatic heterocycles. The third-order valence-electron chi connectivity index (χ3n) is 5.95. The van der Waals surface area contributed by atoms with Crippen LogP contribution < -0.4 is 20.1 Å². The minimum atomic E-state index is -3.84. The number of sulfonamides is 1. The molecule has 182 valence electrons. The van der Waals surface area contributed by atoms with Gasteiger partial charge in [0.2, 0.25) is 10.0 Å². The number of aromatic nitrogens is 2. The highest BCUT2D eigenvalue weighted by molar-refractivity contribution is 7.89. The van der Waals surface area contributed by atoms with Crippen molar-refractivity contribution in [2.24, 2.45) is 11.1 Å². The van der Waals surface area contributed by atoms with Crippen molar-refractivity contribution in [3.05, 3.63) is 41.9 Å². The van der Waals surface area contributed by atoms with E-state index in [1.807, 2.05) is 31.5 Å². The lowest BCUT2D eigenvalue weighted by Crippen LogP contribution is -2.33. The molecule has 0 aliphatic carbocycles. The van der Waals surface area contributed by atoms with Crippen molar-refractivity contribution in [1.29, 1.82) is 0 Å². The van der Waals surface area contributed by atoms with Crippen molar-refractivity contribution in [2.75, 3.05) is 23.3 Å². The van der Waals surface area contributed by atoms with E-state index < -0.39 is 10.0 Å². The third kappa shape index (κ3) is 5.86. The van der Waals surface area contributed by atoms with Crippen LogP contribution in [0.25, 0.3) is 11.3 Å². The monoisotopic (exact) mass is 501 g/mol. The number of rotatable bonds is 8. The maximum Gasteiger partial charge on any atom is 0.238 e. The molecule has 3 N–H and O–H groups in total. The molecule has 0 amide bonds. The molecule has 34 heavy (non-hydrogen) atoms. The number of piperidine rings is 1. The van der Waals surface area contributed by atoms with E-state index in [2.05, 4.69) is 33.2 Å². The van der Waals surface area contributed by atoms with Gasteiger partial charge in [-0.2, -0.15) is 0 Å². The number of nitrogens with zero attached hydrogens (tertiary/aromatic N) is 3. The highest BCUT2D eigenvalue weighted by Crippen LogP contribution is 2.34. The normalized spacial score (nSPS) is 15.0. The van der Waals surface area contributed by atoms with Gasteiger partial charge in [0.1, 0.15) is 11.6 Å². The van der Waals surface area contributed by atoms with Crippen LogP contribution in [0.5, 0.6) is 5.75 Å². The number of anilines is 3. The van der Waals surface area contributed by atoms with Crippen molar-refractivity contribution in [2.45, 2.75) is 51.0 Å². The Morgan fingerprint density at radius 1 is 1.24 bits per heavy atom. The first-order chi connectivity index (χ1) is 16.2. The van der Waals surface area contributed by atoms with Crippen molar-refractivity contribution in [3.8, 4) is 17.0 Å². The van der Waals surface area contributed by atoms with E-state index in [0.717, 1.165) is 36.1 Å². The lowest BCUT2D eigenvalue weighted by molar-refractivity contribution is 0.243. The standard InChI is InChI=1S/C24H31N5O3S2/c1-4-17-9-11-29(12-10-17)23-8-5-18(14-26-23)21-15-33-24(28-21)27-20-13-19(34(25,30)31)6-7-22(20)32-16(2)3/h5-8,13-17H,4,9-12H2,1-3H3,(H,27,28)(H2,25,30,31). The predicted octanol–water partition coefficient (Wildman–Crippen LogP) is 5.01. The van der Waals surface area contributed by atoms with Crippen molar-refractivity contribution < 1.29 is 13.2 Å². The molecule has 4 rings (SSSR count). The smallest absolute Gasteiger partial charge is 0.238 e. The van der Waals surface area contributed by atoms with Gasteiger partial charge in [-0.1, -0.05) is 13.3 Å². The van der Waals surface area contributed by atoms with E-state index in [1.54, 1.807) is 6.07 Å². The molecular weight excluding hydrogens is 470 g/mol. The van der Waals surface area contributed by atoms with E-state index >= 15 is 0 Å². The summed E-state index contributed by atoms with van der Waals surface area (Å²) < 4.78 is 29.5. The Balaban J connectivity index is 1.50. The summed E-state index contributed by atoms with van der Waals surface area (Å²) >= 11 is 1.42. The number of nitrogens with one attached hydrogen (secondary N) is 1. The zero-order valence-corrected chi connectivity index (χ0v) is 21.3. The van der Waals surface area contributed by atoms with Crippen molar-refractivity contribution in [3.63, 3.8) is 0 Å². The topological polar surface area (TPSA) is 110 Å². The second kappa shape index (κ2) is 10.3. The lowest BCUT2D eigenvalue weighted by Gasteiger charge is -2.32. The minimum Gasteiger partial charge on any atom is -0.489 e. The minimum absolute atomic E-state index is 0.00523. The van der Waals surface area contributed by atoms with Gasteiger partial charge in [0.15, 0.2) is 5.13 Å². The average Bonchev–Trinajstić information content (AvgIpc) is 3.28. The fourth-order valence-corrected chi connectivity index (χ4v) is 5.29. The molecule has 0 saturated carbocycles. The SMILES string of the molecule is CCC1CCN(c2ccc(-c3csc(Nc4cc(S(N)(=O)=O)ccc4OC(C)C)n3)cn2)CC1. The summed E-state index contributed by atoms with van der Waals surface area (Å²) in [7, 11) is -3.84. The van der Waals surface area contributed by atoms with Crippen LogP contribution in [-0.4, -0.2) is 37.6 Å². The molecule has 1 fully saturated rings. The highest BCUT2D eigenvalue weighted by atomic mass is 32.2. The second-order valence-electron chi connectivity index (χ2n) is 8.78. The van der Waals surface area contributed by atoms with Crippen LogP contribution in [0.4, 0.5) is 16.6 Å². The fourth-order valence-electron chi connectivity index (χ4n) is 4.01. The summed E-state index contributed by atoms with van der Waals surface area (Å²) in [5, 5.41) is 11.1. The summed E-state index contributed by atoms with van der Waals surface area (Å²) in [5.41, 5.74) is 2.21. The van der Waals surface area contributed by atoms with Gasteiger partial charge in [0.25, 0.3) is 0 Å². The molecule has 0 spiro atoms. The Hall–Kier alpha value is -2.69. The largest absolute Gasteiger partial charge is 0.489 e. The number of thiazole rings is 1. The quantitative estimate of drug-likeness (QED) is 0.446. The van der Waals surface area contributed by atoms with E-state index in [-0.39, 0.29) is 11.0 Å². The number of nitrogens with two attached hydrogens (primary N) is 1. The first kappa shape index (κ1) is 24.4. The molecule has 0 bridgehead atoms. The van der Waals surface area contributed by atoms with Gasteiger partial charge < -0.3 is 15.0 Å². The molecule has 0 atom stereocenters. The highest BCUT2D eigenvalue weighted by Gasteiger charge is 2.19. The predicted molar refractivity (Wildman–Crippen MR) is 137 cm³/mol. The number of ether oxygens (including phenoxy) is 1. The zero-order chi connectivity index (χ0) is 24.3. The maximum absolute atomic E-state index is 11.8. The first-order valence-corrected chi connectivity index (χ1v) is 13.9. The van der Waals surface area contributed by atoms with Crippen LogP contribution >= 0.6 is 11.3 Å². The molecule has 8 nitrogen and oxygen atoms in total. The Bertz CT molecular complexity index is 1220. The molecule has 1 aliphatic rings. The zero-order valence-electron chi connectivity index (χ0n) is 19.7. The van der Waals surface area contributed by atoms with Gasteiger partial charge in [-0.3, -0.25) is 0 Å². The van der Waals surface area contributed by atoms with Crippen LogP contribution in [0.3, 0.4) is 0 Å². The molecule has 1 saturated heterocycles. The first-order valence-electron chi connectivity index (χ1n) is 11.5. The van der Waals surface area contributed by atoms with Crippen molar-refractivity contribution in [1.82, 2.24) is 9.97 Å². The van der Waals surface area contributed by atoms with Gasteiger partial charge in [-0.15, -0.1) is 11.3 Å². The summed E-state index contributed by atoms with van der Waals surface area (Å²) in [4.78, 5) is 11.7. The van der Waals surface area contributed by atoms with Gasteiger partial charge in [-0.25, -0.2) is 23.5 Å². The van der Waals surface area contributed by atoms with E-state index in [9.17, 15) is 8.42 Å². The Morgan fingerprint density at radius 2 is 2.00 bits per heavy atom. The number of primary sulfonamides is 1. The summed E-state index contributed by atoms with van der Waals surface area (Å²) in [5.74, 6) is 2.35. The summed E-state index contributed by atoms with van der Waals surface area (Å²) in [6.07, 6.45) is 5.46. The number of benzene rings is 1. The summed E-state index contributed by atoms with van der Waals surface area (Å²) in [6.45, 7) is 8.17. The number of hydrogen-bond donors (Lipinski definition) is 2. The Labute approximate surface area is 205 Å². The third-order valence-corrected chi connectivity index (χ3v) is 7.62. The number of pyridine rings is 1. The number of hydrogen-bond acceptors (Lipinski definition) is 8. The van der Waals surface area contributed by atoms with Gasteiger partial charge >= 0.3 is 0 Å². The molecule has 1 aromatic carbocycles. The van der Waals surface area contributed by atoms with E-state index in [4.69, 9.17) is 9.88 Å². The van der Waals surface area contributed by atoms with Crippen LogP contribution in [0.1, 0.15) is 40.0 Å². The van der Waals surface area contributed by atoms with Crippen LogP contribution in [0, 0.1) is 5.92 Å². The van der Waals surface area contributed by atoms with Crippen LogP contribution in [-0.2, 0) is 10.0 Å². The molecule has 0 unspecified atom stereocenters. The van der Waals surface area contributed by atoms with Crippen LogP contribution in [0.15, 0.2) is 46.8 Å². The average molecular weight is 502 g/mol. The van der Waals surface area contributed by atoms with Gasteiger partial charge in [-0.05, 0) is 62.9 Å². The molecule has 3 aromatic rings. The maximum atomic E-state index is 11.8. The summed E-state index contributed by atoms with van der Waals surface area (Å²) in [6, 6.07) is 8.60. The lowest BCUT2D eigenvalue weighted by atomic mass is 9.94. The molecule has 3 heterocycles. The molecule has 10 heteroatoms. The fraction of sp³-hybridized carbons (Fsp3) is 0.417. The molecular formula is C24H31N5O3S2. The Kier molecular flexibility index (Phi) is 7.39. The molecule has 2 aromatic heterocycles. The second-order valence-corrected chi connectivity index (χ2v) is 11.2.